The van der Waals surface area contributed by atoms with Crippen molar-refractivity contribution in [1.82, 2.24) is 9.55 Å². The molecule has 2 aliphatic rings. The average molecular weight is 455 g/mol. The maximum Gasteiger partial charge on any atom is 0.229 e. The van der Waals surface area contributed by atoms with Gasteiger partial charge in [-0.05, 0) is 56.2 Å². The summed E-state index contributed by atoms with van der Waals surface area (Å²) in [6.07, 6.45) is 11.6. The zero-order chi connectivity index (χ0) is 23.2. The molecule has 2 aromatic rings. The summed E-state index contributed by atoms with van der Waals surface area (Å²) in [5.74, 6) is 1.41. The van der Waals surface area contributed by atoms with Crippen LogP contribution in [0.1, 0.15) is 70.6 Å². The summed E-state index contributed by atoms with van der Waals surface area (Å²) in [4.78, 5) is 32.3. The van der Waals surface area contributed by atoms with Crippen molar-refractivity contribution in [3.63, 3.8) is 0 Å². The van der Waals surface area contributed by atoms with Crippen LogP contribution in [0.4, 0.5) is 11.6 Å². The number of nitrogens with one attached hydrogen (secondary N) is 1. The van der Waals surface area contributed by atoms with E-state index in [4.69, 9.17) is 9.72 Å². The first-order valence-corrected chi connectivity index (χ1v) is 12.6. The van der Waals surface area contributed by atoms with E-state index >= 15 is 0 Å². The third-order valence-electron chi connectivity index (χ3n) is 7.37. The van der Waals surface area contributed by atoms with E-state index in [2.05, 4.69) is 9.88 Å². The van der Waals surface area contributed by atoms with Crippen LogP contribution in [0.15, 0.2) is 18.2 Å². The Kier molecular flexibility index (Phi) is 8.02. The molecule has 1 aromatic heterocycles. The van der Waals surface area contributed by atoms with Crippen molar-refractivity contribution in [3.05, 3.63) is 18.2 Å². The summed E-state index contributed by atoms with van der Waals surface area (Å²) in [6.45, 7) is 1.35. The standard InChI is InChI=1S/C26H38N4O3/c1-29(24(31)17-19-9-6-7-10-19)21-13-14-23-22(18-21)27-26(30(23)15-8-16-33-2)28-25(32)20-11-4-3-5-12-20/h13-14,18-20H,3-12,15-17H2,1-2H3,(H,27,28,32). The van der Waals surface area contributed by atoms with Crippen LogP contribution in [0.3, 0.4) is 0 Å². The number of hydrogen-bond donors (Lipinski definition) is 1. The smallest absolute Gasteiger partial charge is 0.229 e. The topological polar surface area (TPSA) is 76.5 Å². The van der Waals surface area contributed by atoms with Gasteiger partial charge in [-0.2, -0.15) is 0 Å². The lowest BCUT2D eigenvalue weighted by atomic mass is 9.89. The number of ether oxygens (including phenoxy) is 1. The van der Waals surface area contributed by atoms with Gasteiger partial charge in [0.15, 0.2) is 0 Å². The first-order valence-electron chi connectivity index (χ1n) is 12.6. The van der Waals surface area contributed by atoms with Gasteiger partial charge in [0, 0.05) is 45.3 Å². The molecule has 0 radical (unpaired) electrons. The number of hydrogen-bond acceptors (Lipinski definition) is 4. The van der Waals surface area contributed by atoms with Gasteiger partial charge < -0.3 is 14.2 Å². The van der Waals surface area contributed by atoms with Crippen molar-refractivity contribution in [2.75, 3.05) is 31.0 Å². The molecule has 180 valence electrons. The van der Waals surface area contributed by atoms with Gasteiger partial charge in [-0.1, -0.05) is 32.1 Å². The molecule has 4 rings (SSSR count). The number of aromatic nitrogens is 2. The van der Waals surface area contributed by atoms with Gasteiger partial charge >= 0.3 is 0 Å². The fourth-order valence-electron chi connectivity index (χ4n) is 5.33. The van der Waals surface area contributed by atoms with Gasteiger partial charge in [0.25, 0.3) is 0 Å². The quantitative estimate of drug-likeness (QED) is 0.533. The second-order valence-electron chi connectivity index (χ2n) is 9.74. The zero-order valence-corrected chi connectivity index (χ0v) is 20.1. The fourth-order valence-corrected chi connectivity index (χ4v) is 5.33. The minimum absolute atomic E-state index is 0.0703. The van der Waals surface area contributed by atoms with E-state index in [0.29, 0.717) is 31.4 Å². The molecular formula is C26H38N4O3. The van der Waals surface area contributed by atoms with E-state index in [1.54, 1.807) is 12.0 Å². The summed E-state index contributed by atoms with van der Waals surface area (Å²) in [5.41, 5.74) is 2.60. The molecule has 2 fully saturated rings. The lowest BCUT2D eigenvalue weighted by Crippen LogP contribution is -2.27. The molecule has 0 bridgehead atoms. The fraction of sp³-hybridized carbons (Fsp3) is 0.654. The van der Waals surface area contributed by atoms with Crippen molar-refractivity contribution in [2.24, 2.45) is 11.8 Å². The highest BCUT2D eigenvalue weighted by molar-refractivity contribution is 5.96. The minimum atomic E-state index is 0.0703. The summed E-state index contributed by atoms with van der Waals surface area (Å²) in [5, 5.41) is 3.11. The highest BCUT2D eigenvalue weighted by Crippen LogP contribution is 2.31. The summed E-state index contributed by atoms with van der Waals surface area (Å²) >= 11 is 0. The number of nitrogens with zero attached hydrogens (tertiary/aromatic N) is 3. The number of carbonyl (C=O) groups excluding carboxylic acids is 2. The van der Waals surface area contributed by atoms with Crippen molar-refractivity contribution in [3.8, 4) is 0 Å². The molecule has 0 unspecified atom stereocenters. The third kappa shape index (κ3) is 5.75. The van der Waals surface area contributed by atoms with Crippen molar-refractivity contribution in [1.29, 1.82) is 0 Å². The molecule has 0 aliphatic heterocycles. The predicted molar refractivity (Wildman–Crippen MR) is 131 cm³/mol. The van der Waals surface area contributed by atoms with Crippen LogP contribution in [0, 0.1) is 11.8 Å². The van der Waals surface area contributed by atoms with Crippen LogP contribution >= 0.6 is 0 Å². The Bertz CT molecular complexity index is 958. The second-order valence-corrected chi connectivity index (χ2v) is 9.74. The number of carbonyl (C=O) groups is 2. The molecule has 0 atom stereocenters. The maximum atomic E-state index is 12.9. The maximum absolute atomic E-state index is 12.9. The molecule has 1 aromatic carbocycles. The SMILES string of the molecule is COCCCn1c(NC(=O)C2CCCCC2)nc2cc(N(C)C(=O)CC3CCCC3)ccc21. The molecule has 0 spiro atoms. The van der Waals surface area contributed by atoms with E-state index < -0.39 is 0 Å². The van der Waals surface area contributed by atoms with Crippen molar-refractivity contribution >= 4 is 34.5 Å². The first kappa shape index (κ1) is 23.7. The minimum Gasteiger partial charge on any atom is -0.385 e. The molecule has 2 saturated carbocycles. The Morgan fingerprint density at radius 1 is 1.12 bits per heavy atom. The third-order valence-corrected chi connectivity index (χ3v) is 7.37. The molecule has 1 N–H and O–H groups in total. The van der Waals surface area contributed by atoms with Gasteiger partial charge in [0.1, 0.15) is 0 Å². The van der Waals surface area contributed by atoms with Gasteiger partial charge in [0.05, 0.1) is 11.0 Å². The number of amides is 2. The van der Waals surface area contributed by atoms with Gasteiger partial charge in [-0.3, -0.25) is 14.9 Å². The molecule has 7 nitrogen and oxygen atoms in total. The van der Waals surface area contributed by atoms with E-state index in [-0.39, 0.29) is 17.7 Å². The molecule has 0 saturated heterocycles. The highest BCUT2D eigenvalue weighted by atomic mass is 16.5. The van der Waals surface area contributed by atoms with Crippen LogP contribution in [-0.4, -0.2) is 42.1 Å². The molecule has 33 heavy (non-hydrogen) atoms. The Morgan fingerprint density at radius 3 is 2.58 bits per heavy atom. The number of imidazole rings is 1. The summed E-state index contributed by atoms with van der Waals surface area (Å²) in [6, 6.07) is 5.96. The average Bonchev–Trinajstić information content (AvgIpc) is 3.46. The van der Waals surface area contributed by atoms with Gasteiger partial charge in [-0.25, -0.2) is 4.98 Å². The number of anilines is 2. The number of fused-ring (bicyclic) bond motifs is 1. The second kappa shape index (κ2) is 11.1. The number of methoxy groups -OCH3 is 1. The van der Waals surface area contributed by atoms with Crippen LogP contribution in [0.5, 0.6) is 0 Å². The van der Waals surface area contributed by atoms with Crippen LogP contribution < -0.4 is 10.2 Å². The Morgan fingerprint density at radius 2 is 1.85 bits per heavy atom. The lowest BCUT2D eigenvalue weighted by molar-refractivity contribution is -0.121. The molecule has 7 heteroatoms. The van der Waals surface area contributed by atoms with E-state index in [1.807, 2.05) is 25.2 Å². The zero-order valence-electron chi connectivity index (χ0n) is 20.1. The predicted octanol–water partition coefficient (Wildman–Crippen LogP) is 5.13. The van der Waals surface area contributed by atoms with E-state index in [0.717, 1.165) is 61.7 Å². The van der Waals surface area contributed by atoms with Crippen molar-refractivity contribution < 1.29 is 14.3 Å². The number of benzene rings is 1. The molecule has 2 amide bonds. The Balaban J connectivity index is 1.54. The van der Waals surface area contributed by atoms with Gasteiger partial charge in [-0.15, -0.1) is 0 Å². The van der Waals surface area contributed by atoms with Crippen molar-refractivity contribution in [2.45, 2.75) is 77.2 Å². The van der Waals surface area contributed by atoms with Crippen LogP contribution in [-0.2, 0) is 20.9 Å². The van der Waals surface area contributed by atoms with Crippen LogP contribution in [0.2, 0.25) is 0 Å². The summed E-state index contributed by atoms with van der Waals surface area (Å²) < 4.78 is 7.30. The normalized spacial score (nSPS) is 17.5. The highest BCUT2D eigenvalue weighted by Gasteiger charge is 2.24. The first-order chi connectivity index (χ1) is 16.1. The Labute approximate surface area is 196 Å². The monoisotopic (exact) mass is 454 g/mol. The largest absolute Gasteiger partial charge is 0.385 e. The summed E-state index contributed by atoms with van der Waals surface area (Å²) in [7, 11) is 3.54. The molecular weight excluding hydrogens is 416 g/mol. The number of rotatable bonds is 9. The van der Waals surface area contributed by atoms with E-state index in [1.165, 1.54) is 19.3 Å². The van der Waals surface area contributed by atoms with Gasteiger partial charge in [0.2, 0.25) is 17.8 Å². The molecule has 1 heterocycles. The molecule has 2 aliphatic carbocycles. The number of aryl methyl sites for hydroxylation is 1. The Hall–Kier alpha value is -2.41. The van der Waals surface area contributed by atoms with E-state index in [9.17, 15) is 9.59 Å². The lowest BCUT2D eigenvalue weighted by Gasteiger charge is -2.20. The van der Waals surface area contributed by atoms with Crippen LogP contribution in [0.25, 0.3) is 11.0 Å².